The molecule has 0 radical (unpaired) electrons. The van der Waals surface area contributed by atoms with Crippen molar-refractivity contribution < 1.29 is 0 Å². The Hall–Kier alpha value is -1.81. The van der Waals surface area contributed by atoms with Crippen LogP contribution in [0.5, 0.6) is 0 Å². The summed E-state index contributed by atoms with van der Waals surface area (Å²) in [5, 5.41) is 3.33. The van der Waals surface area contributed by atoms with Crippen LogP contribution in [-0.2, 0) is 6.42 Å². The van der Waals surface area contributed by atoms with Crippen molar-refractivity contribution in [3.8, 4) is 11.4 Å². The van der Waals surface area contributed by atoms with Gasteiger partial charge in [-0.25, -0.2) is 9.97 Å². The average Bonchev–Trinajstić information content (AvgIpc) is 2.47. The molecule has 0 aromatic carbocycles. The van der Waals surface area contributed by atoms with Crippen molar-refractivity contribution in [3.63, 3.8) is 0 Å². The number of hydrogen-bond donors (Lipinski definition) is 1. The SMILES string of the molecule is CNC1CCCc2nc(-c3ccc(C)nc3)ncc21. The summed E-state index contributed by atoms with van der Waals surface area (Å²) in [6.07, 6.45) is 7.20. The Morgan fingerprint density at radius 1 is 1.21 bits per heavy atom. The number of nitrogens with zero attached hydrogens (tertiary/aromatic N) is 3. The first kappa shape index (κ1) is 12.2. The Morgan fingerprint density at radius 2 is 2.11 bits per heavy atom. The van der Waals surface area contributed by atoms with Crippen LogP contribution < -0.4 is 5.32 Å². The van der Waals surface area contributed by atoms with Crippen LogP contribution in [0.2, 0.25) is 0 Å². The molecule has 0 saturated carbocycles. The smallest absolute Gasteiger partial charge is 0.160 e. The van der Waals surface area contributed by atoms with Gasteiger partial charge in [0.15, 0.2) is 5.82 Å². The Labute approximate surface area is 113 Å². The fraction of sp³-hybridized carbons (Fsp3) is 0.400. The monoisotopic (exact) mass is 254 g/mol. The highest BCUT2D eigenvalue weighted by atomic mass is 14.9. The molecular formula is C15H18N4. The highest BCUT2D eigenvalue weighted by Crippen LogP contribution is 2.28. The van der Waals surface area contributed by atoms with Crippen molar-refractivity contribution in [1.82, 2.24) is 20.3 Å². The highest BCUT2D eigenvalue weighted by Gasteiger charge is 2.20. The van der Waals surface area contributed by atoms with Crippen molar-refractivity contribution in [2.75, 3.05) is 7.05 Å². The van der Waals surface area contributed by atoms with Crippen LogP contribution in [0.1, 0.15) is 35.8 Å². The Morgan fingerprint density at radius 3 is 2.84 bits per heavy atom. The number of rotatable bonds is 2. The highest BCUT2D eigenvalue weighted by molar-refractivity contribution is 5.54. The quantitative estimate of drug-likeness (QED) is 0.894. The van der Waals surface area contributed by atoms with E-state index in [2.05, 4.69) is 15.3 Å². The molecule has 19 heavy (non-hydrogen) atoms. The van der Waals surface area contributed by atoms with Gasteiger partial charge in [-0.15, -0.1) is 0 Å². The molecule has 1 aliphatic rings. The lowest BCUT2D eigenvalue weighted by Gasteiger charge is -2.24. The topological polar surface area (TPSA) is 50.7 Å². The zero-order valence-electron chi connectivity index (χ0n) is 11.3. The van der Waals surface area contributed by atoms with Gasteiger partial charge in [-0.1, -0.05) is 0 Å². The van der Waals surface area contributed by atoms with E-state index in [1.807, 2.05) is 38.5 Å². The first-order chi connectivity index (χ1) is 9.28. The fourth-order valence-electron chi connectivity index (χ4n) is 2.59. The first-order valence-electron chi connectivity index (χ1n) is 6.74. The predicted molar refractivity (Wildman–Crippen MR) is 74.7 cm³/mol. The lowest BCUT2D eigenvalue weighted by Crippen LogP contribution is -2.22. The summed E-state index contributed by atoms with van der Waals surface area (Å²) in [6, 6.07) is 4.42. The van der Waals surface area contributed by atoms with E-state index in [9.17, 15) is 0 Å². The molecule has 1 aliphatic carbocycles. The van der Waals surface area contributed by atoms with Crippen LogP contribution in [0.15, 0.2) is 24.5 Å². The van der Waals surface area contributed by atoms with E-state index in [0.29, 0.717) is 6.04 Å². The van der Waals surface area contributed by atoms with Gasteiger partial charge in [0.2, 0.25) is 0 Å². The number of hydrogen-bond acceptors (Lipinski definition) is 4. The number of nitrogens with one attached hydrogen (secondary N) is 1. The van der Waals surface area contributed by atoms with E-state index >= 15 is 0 Å². The summed E-state index contributed by atoms with van der Waals surface area (Å²) < 4.78 is 0. The summed E-state index contributed by atoms with van der Waals surface area (Å²) in [6.45, 7) is 1.98. The van der Waals surface area contributed by atoms with Crippen molar-refractivity contribution in [1.29, 1.82) is 0 Å². The first-order valence-corrected chi connectivity index (χ1v) is 6.74. The molecule has 1 unspecified atom stereocenters. The zero-order valence-corrected chi connectivity index (χ0v) is 11.3. The third-order valence-electron chi connectivity index (χ3n) is 3.70. The van der Waals surface area contributed by atoms with Gasteiger partial charge in [0, 0.05) is 41.0 Å². The molecule has 0 amide bonds. The predicted octanol–water partition coefficient (Wildman–Crippen LogP) is 2.44. The molecule has 0 spiro atoms. The van der Waals surface area contributed by atoms with E-state index < -0.39 is 0 Å². The van der Waals surface area contributed by atoms with E-state index in [1.165, 1.54) is 17.7 Å². The largest absolute Gasteiger partial charge is 0.313 e. The third-order valence-corrected chi connectivity index (χ3v) is 3.70. The summed E-state index contributed by atoms with van der Waals surface area (Å²) in [5.41, 5.74) is 4.42. The maximum atomic E-state index is 4.72. The maximum Gasteiger partial charge on any atom is 0.160 e. The van der Waals surface area contributed by atoms with Gasteiger partial charge in [-0.2, -0.15) is 0 Å². The molecule has 1 N–H and O–H groups in total. The standard InChI is InChI=1S/C15H18N4/c1-10-6-7-11(8-17-10)15-18-9-12-13(16-2)4-3-5-14(12)19-15/h6-9,13,16H,3-5H2,1-2H3. The molecule has 0 aliphatic heterocycles. The van der Waals surface area contributed by atoms with Gasteiger partial charge in [0.1, 0.15) is 0 Å². The number of pyridine rings is 1. The van der Waals surface area contributed by atoms with E-state index in [4.69, 9.17) is 4.98 Å². The molecule has 0 fully saturated rings. The van der Waals surface area contributed by atoms with Crippen LogP contribution in [0.3, 0.4) is 0 Å². The second kappa shape index (κ2) is 5.05. The van der Waals surface area contributed by atoms with Crippen LogP contribution in [0.25, 0.3) is 11.4 Å². The van der Waals surface area contributed by atoms with E-state index in [0.717, 1.165) is 29.9 Å². The summed E-state index contributed by atoms with van der Waals surface area (Å²) in [5.74, 6) is 0.781. The Balaban J connectivity index is 1.99. The van der Waals surface area contributed by atoms with Crippen molar-refractivity contribution in [2.24, 2.45) is 0 Å². The van der Waals surface area contributed by atoms with Crippen LogP contribution in [-0.4, -0.2) is 22.0 Å². The molecule has 2 aromatic heterocycles. The van der Waals surface area contributed by atoms with Crippen LogP contribution in [0, 0.1) is 6.92 Å². The molecule has 4 nitrogen and oxygen atoms in total. The normalized spacial score (nSPS) is 18.1. The number of aromatic nitrogens is 3. The van der Waals surface area contributed by atoms with Gasteiger partial charge in [0.25, 0.3) is 0 Å². The number of fused-ring (bicyclic) bond motifs is 1. The average molecular weight is 254 g/mol. The zero-order chi connectivity index (χ0) is 13.2. The van der Waals surface area contributed by atoms with Gasteiger partial charge in [0.05, 0.1) is 0 Å². The van der Waals surface area contributed by atoms with Crippen molar-refractivity contribution >= 4 is 0 Å². The summed E-state index contributed by atoms with van der Waals surface area (Å²) >= 11 is 0. The van der Waals surface area contributed by atoms with Crippen LogP contribution >= 0.6 is 0 Å². The minimum atomic E-state index is 0.397. The maximum absolute atomic E-state index is 4.72. The second-order valence-electron chi connectivity index (χ2n) is 5.02. The Bertz CT molecular complexity index is 577. The van der Waals surface area contributed by atoms with Gasteiger partial charge in [-0.05, 0) is 45.4 Å². The lowest BCUT2D eigenvalue weighted by molar-refractivity contribution is 0.488. The number of aryl methyl sites for hydroxylation is 2. The molecule has 0 saturated heterocycles. The summed E-state index contributed by atoms with van der Waals surface area (Å²) in [7, 11) is 2.00. The third kappa shape index (κ3) is 2.36. The molecule has 4 heteroatoms. The van der Waals surface area contributed by atoms with Gasteiger partial charge in [-0.3, -0.25) is 4.98 Å². The van der Waals surface area contributed by atoms with Crippen molar-refractivity contribution in [2.45, 2.75) is 32.2 Å². The minimum absolute atomic E-state index is 0.397. The molecular weight excluding hydrogens is 236 g/mol. The van der Waals surface area contributed by atoms with E-state index in [1.54, 1.807) is 0 Å². The summed E-state index contributed by atoms with van der Waals surface area (Å²) in [4.78, 5) is 13.5. The van der Waals surface area contributed by atoms with Gasteiger partial charge < -0.3 is 5.32 Å². The van der Waals surface area contributed by atoms with Gasteiger partial charge >= 0.3 is 0 Å². The van der Waals surface area contributed by atoms with Crippen molar-refractivity contribution in [3.05, 3.63) is 41.5 Å². The fourth-order valence-corrected chi connectivity index (χ4v) is 2.59. The lowest BCUT2D eigenvalue weighted by atomic mass is 9.92. The van der Waals surface area contributed by atoms with Crippen LogP contribution in [0.4, 0.5) is 0 Å². The molecule has 3 rings (SSSR count). The minimum Gasteiger partial charge on any atom is -0.313 e. The molecule has 2 heterocycles. The molecule has 98 valence electrons. The molecule has 2 aromatic rings. The second-order valence-corrected chi connectivity index (χ2v) is 5.02. The molecule has 1 atom stereocenters. The Kier molecular flexibility index (Phi) is 3.25. The van der Waals surface area contributed by atoms with E-state index in [-0.39, 0.29) is 0 Å². The molecule has 0 bridgehead atoms.